The van der Waals surface area contributed by atoms with E-state index in [0.717, 1.165) is 48.4 Å². The minimum Gasteiger partial charge on any atom is -0.496 e. The maximum Gasteiger partial charge on any atom is 0.403 e. The Balaban J connectivity index is 1.45. The molecule has 1 atom stereocenters. The predicted molar refractivity (Wildman–Crippen MR) is 189 cm³/mol. The number of aliphatic carboxylic acids is 1. The SMILES string of the molecule is COc1ccc(CN2CCCC(C)(C)CC2)c(OC)c1-c1cccc2c(C[C@H](NC(=O)C3(C(F)(F)F)CCN(CC(F)(F)F)CC3)C(=O)O)cccc12. The van der Waals surface area contributed by atoms with Crippen LogP contribution >= 0.6 is 0 Å². The van der Waals surface area contributed by atoms with Crippen LogP contribution in [-0.2, 0) is 22.6 Å². The lowest BCUT2D eigenvalue weighted by molar-refractivity contribution is -0.236. The third-order valence-corrected chi connectivity index (χ3v) is 10.9. The average Bonchev–Trinajstić information content (AvgIpc) is 3.26. The van der Waals surface area contributed by atoms with E-state index < -0.39 is 68.2 Å². The third kappa shape index (κ3) is 9.02. The van der Waals surface area contributed by atoms with E-state index in [1.54, 1.807) is 38.5 Å². The highest BCUT2D eigenvalue weighted by Gasteiger charge is 2.61. The topological polar surface area (TPSA) is 91.3 Å². The van der Waals surface area contributed by atoms with Crippen LogP contribution in [0, 0.1) is 10.8 Å². The molecule has 2 N–H and O–H groups in total. The van der Waals surface area contributed by atoms with Gasteiger partial charge in [-0.25, -0.2) is 4.79 Å². The third-order valence-electron chi connectivity index (χ3n) is 10.9. The summed E-state index contributed by atoms with van der Waals surface area (Å²) in [6, 6.07) is 12.8. The highest BCUT2D eigenvalue weighted by molar-refractivity contribution is 6.01. The van der Waals surface area contributed by atoms with Gasteiger partial charge in [-0.1, -0.05) is 56.3 Å². The predicted octanol–water partition coefficient (Wildman–Crippen LogP) is 7.85. The summed E-state index contributed by atoms with van der Waals surface area (Å²) >= 11 is 0. The van der Waals surface area contributed by atoms with Gasteiger partial charge >= 0.3 is 18.3 Å². The van der Waals surface area contributed by atoms with Crippen molar-refractivity contribution in [1.29, 1.82) is 0 Å². The molecule has 5 rings (SSSR count). The molecule has 0 spiro atoms. The summed E-state index contributed by atoms with van der Waals surface area (Å²) in [4.78, 5) is 29.1. The van der Waals surface area contributed by atoms with Crippen molar-refractivity contribution in [3.63, 3.8) is 0 Å². The molecule has 3 aromatic carbocycles. The van der Waals surface area contributed by atoms with Crippen LogP contribution in [0.4, 0.5) is 26.3 Å². The molecule has 1 amide bonds. The molecule has 2 heterocycles. The lowest BCUT2D eigenvalue weighted by Crippen LogP contribution is -2.59. The molecule has 2 saturated heterocycles. The van der Waals surface area contributed by atoms with Crippen molar-refractivity contribution in [3.8, 4) is 22.6 Å². The Labute approximate surface area is 305 Å². The van der Waals surface area contributed by atoms with Gasteiger partial charge in [-0.05, 0) is 91.7 Å². The Morgan fingerprint density at radius 3 is 2.11 bits per heavy atom. The number of nitrogens with zero attached hydrogens (tertiary/aromatic N) is 2. The number of carbonyl (C=O) groups is 2. The Morgan fingerprint density at radius 1 is 0.830 bits per heavy atom. The monoisotopic (exact) mass is 751 g/mol. The number of hydrogen-bond acceptors (Lipinski definition) is 6. The van der Waals surface area contributed by atoms with Crippen molar-refractivity contribution in [3.05, 3.63) is 59.7 Å². The van der Waals surface area contributed by atoms with E-state index in [4.69, 9.17) is 9.47 Å². The standard InChI is InChI=1S/C39H47F6N3O5/c1-36(2)14-7-18-47(19-15-36)23-26-12-13-31(52-3)32(33(26)53-4)29-11-6-9-27-25(8-5-10-28(27)29)22-30(34(49)50)46-35(51)37(39(43,44)45)16-20-48(21-17-37)24-38(40,41)42/h5-6,8-13,30H,7,14-24H2,1-4H3,(H,46,51)(H,49,50)/t30-/m0/s1. The van der Waals surface area contributed by atoms with E-state index in [2.05, 4.69) is 24.1 Å². The summed E-state index contributed by atoms with van der Waals surface area (Å²) in [6.07, 6.45) is -8.64. The summed E-state index contributed by atoms with van der Waals surface area (Å²) in [6.45, 7) is 4.48. The fraction of sp³-hybridized carbons (Fsp3) is 0.538. The fourth-order valence-electron chi connectivity index (χ4n) is 7.74. The molecule has 2 fully saturated rings. The molecule has 0 aliphatic carbocycles. The summed E-state index contributed by atoms with van der Waals surface area (Å²) in [7, 11) is 3.15. The van der Waals surface area contributed by atoms with Crippen molar-refractivity contribution in [2.24, 2.45) is 10.8 Å². The molecule has 0 radical (unpaired) electrons. The average molecular weight is 752 g/mol. The van der Waals surface area contributed by atoms with Gasteiger partial charge in [0.15, 0.2) is 0 Å². The first kappa shape index (κ1) is 40.2. The molecule has 0 aromatic heterocycles. The van der Waals surface area contributed by atoms with E-state index in [1.807, 2.05) is 24.3 Å². The first-order chi connectivity index (χ1) is 24.9. The molecule has 2 aliphatic heterocycles. The Morgan fingerprint density at radius 2 is 1.49 bits per heavy atom. The normalized spacial score (nSPS) is 19.0. The number of piperidine rings is 1. The first-order valence-corrected chi connectivity index (χ1v) is 17.7. The summed E-state index contributed by atoms with van der Waals surface area (Å²) in [5, 5.41) is 13.5. The van der Waals surface area contributed by atoms with Gasteiger partial charge in [-0.15, -0.1) is 0 Å². The summed E-state index contributed by atoms with van der Waals surface area (Å²) in [5.41, 5.74) is 0.0830. The van der Waals surface area contributed by atoms with Crippen LogP contribution in [0.1, 0.15) is 57.1 Å². The van der Waals surface area contributed by atoms with Gasteiger partial charge in [0.05, 0.1) is 26.3 Å². The molecule has 290 valence electrons. The molecule has 8 nitrogen and oxygen atoms in total. The van der Waals surface area contributed by atoms with Gasteiger partial charge in [-0.3, -0.25) is 14.6 Å². The number of fused-ring (bicyclic) bond motifs is 1. The highest BCUT2D eigenvalue weighted by atomic mass is 19.4. The number of halogens is 6. The zero-order chi connectivity index (χ0) is 38.8. The maximum atomic E-state index is 14.5. The number of benzene rings is 3. The molecule has 0 unspecified atom stereocenters. The molecule has 14 heteroatoms. The van der Waals surface area contributed by atoms with E-state index in [-0.39, 0.29) is 11.8 Å². The van der Waals surface area contributed by atoms with E-state index in [9.17, 15) is 41.0 Å². The number of ether oxygens (including phenoxy) is 2. The second kappa shape index (κ2) is 15.7. The largest absolute Gasteiger partial charge is 0.496 e. The Kier molecular flexibility index (Phi) is 11.9. The quantitative estimate of drug-likeness (QED) is 0.193. The lowest BCUT2D eigenvalue weighted by Gasteiger charge is -2.42. The number of carboxylic acid groups (broad SMARTS) is 1. The minimum absolute atomic E-state index is 0.268. The number of hydrogen-bond donors (Lipinski definition) is 2. The van der Waals surface area contributed by atoms with Crippen molar-refractivity contribution in [2.75, 3.05) is 46.9 Å². The van der Waals surface area contributed by atoms with Gasteiger partial charge in [-0.2, -0.15) is 26.3 Å². The van der Waals surface area contributed by atoms with Gasteiger partial charge in [0.1, 0.15) is 23.0 Å². The maximum absolute atomic E-state index is 14.5. The van der Waals surface area contributed by atoms with Crippen LogP contribution < -0.4 is 14.8 Å². The van der Waals surface area contributed by atoms with Crippen LogP contribution in [0.25, 0.3) is 21.9 Å². The number of rotatable bonds is 11. The first-order valence-electron chi connectivity index (χ1n) is 17.7. The molecule has 0 saturated carbocycles. The summed E-state index contributed by atoms with van der Waals surface area (Å²) in [5.74, 6) is -1.94. The Hall–Kier alpha value is -4.04. The molecular formula is C39H47F6N3O5. The van der Waals surface area contributed by atoms with Crippen LogP contribution in [-0.4, -0.2) is 92.1 Å². The van der Waals surface area contributed by atoms with Crippen LogP contribution in [0.5, 0.6) is 11.5 Å². The van der Waals surface area contributed by atoms with Gasteiger partial charge in [0.2, 0.25) is 5.91 Å². The Bertz CT molecular complexity index is 1790. The van der Waals surface area contributed by atoms with Crippen molar-refractivity contribution in [2.45, 2.75) is 77.3 Å². The number of carbonyl (C=O) groups excluding carboxylic acids is 1. The van der Waals surface area contributed by atoms with Gasteiger partial charge < -0.3 is 19.9 Å². The molecular weight excluding hydrogens is 704 g/mol. The van der Waals surface area contributed by atoms with E-state index >= 15 is 0 Å². The number of methoxy groups -OCH3 is 2. The van der Waals surface area contributed by atoms with Crippen molar-refractivity contribution >= 4 is 22.6 Å². The van der Waals surface area contributed by atoms with Gasteiger partial charge in [0.25, 0.3) is 0 Å². The smallest absolute Gasteiger partial charge is 0.403 e. The van der Waals surface area contributed by atoms with Crippen molar-refractivity contribution in [1.82, 2.24) is 15.1 Å². The lowest BCUT2D eigenvalue weighted by atomic mass is 9.76. The molecule has 2 aliphatic rings. The molecule has 53 heavy (non-hydrogen) atoms. The van der Waals surface area contributed by atoms with Crippen molar-refractivity contribution < 1.29 is 50.5 Å². The number of carboxylic acids is 1. The number of amides is 1. The fourth-order valence-corrected chi connectivity index (χ4v) is 7.74. The minimum atomic E-state index is -5.12. The summed E-state index contributed by atoms with van der Waals surface area (Å²) < 4.78 is 94.0. The van der Waals surface area contributed by atoms with Crippen LogP contribution in [0.15, 0.2) is 48.5 Å². The van der Waals surface area contributed by atoms with E-state index in [0.29, 0.717) is 39.9 Å². The zero-order valence-electron chi connectivity index (χ0n) is 30.4. The van der Waals surface area contributed by atoms with Crippen LogP contribution in [0.2, 0.25) is 0 Å². The zero-order valence-corrected chi connectivity index (χ0v) is 30.4. The second-order valence-corrected chi connectivity index (χ2v) is 15.0. The van der Waals surface area contributed by atoms with Gasteiger partial charge in [0, 0.05) is 18.5 Å². The van der Waals surface area contributed by atoms with Crippen LogP contribution in [0.3, 0.4) is 0 Å². The highest BCUT2D eigenvalue weighted by Crippen LogP contribution is 2.48. The number of alkyl halides is 6. The molecule has 0 bridgehead atoms. The number of nitrogens with one attached hydrogen (secondary N) is 1. The van der Waals surface area contributed by atoms with E-state index in [1.165, 1.54) is 0 Å². The second-order valence-electron chi connectivity index (χ2n) is 15.0. The number of likely N-dealkylation sites (tertiary alicyclic amines) is 2. The molecule has 3 aromatic rings.